The third kappa shape index (κ3) is 3.55. The van der Waals surface area contributed by atoms with E-state index < -0.39 is 10.7 Å². The van der Waals surface area contributed by atoms with E-state index in [-0.39, 0.29) is 12.2 Å². The largest absolute Gasteiger partial charge is 0.381 e. The number of benzene rings is 2. The molecule has 0 fully saturated rings. The van der Waals surface area contributed by atoms with Crippen LogP contribution in [0.5, 0.6) is 0 Å². The lowest BCUT2D eigenvalue weighted by Crippen LogP contribution is -2.03. The molecule has 0 saturated carbocycles. The summed E-state index contributed by atoms with van der Waals surface area (Å²) in [6.45, 7) is 0.233. The Hall–Kier alpha value is -1.47. The normalized spacial score (nSPS) is 10.3. The lowest BCUT2D eigenvalue weighted by atomic mass is 10.1. The van der Waals surface area contributed by atoms with E-state index in [1.165, 1.54) is 12.1 Å². The molecule has 20 heavy (non-hydrogen) atoms. The summed E-state index contributed by atoms with van der Waals surface area (Å²) in [7, 11) is 0. The van der Waals surface area contributed by atoms with Crippen LogP contribution in [0.25, 0.3) is 0 Å². The van der Waals surface area contributed by atoms with Crippen molar-refractivity contribution in [2.24, 2.45) is 0 Å². The van der Waals surface area contributed by atoms with Gasteiger partial charge in [-0.1, -0.05) is 15.9 Å². The average molecular weight is 404 g/mol. The molecule has 0 amide bonds. The topological polar surface area (TPSA) is 55.2 Å². The summed E-state index contributed by atoms with van der Waals surface area (Å²) in [6.07, 6.45) is 0. The van der Waals surface area contributed by atoms with Gasteiger partial charge < -0.3 is 5.32 Å². The second-order valence-electron chi connectivity index (χ2n) is 4.01. The molecule has 1 N–H and O–H groups in total. The minimum atomic E-state index is -0.439. The number of anilines is 1. The average Bonchev–Trinajstić information content (AvgIpc) is 2.40. The molecule has 0 saturated heterocycles. The van der Waals surface area contributed by atoms with Crippen molar-refractivity contribution in [2.45, 2.75) is 6.54 Å². The molecule has 2 aromatic rings. The van der Waals surface area contributed by atoms with Gasteiger partial charge in [0.1, 0.15) is 5.82 Å². The van der Waals surface area contributed by atoms with Crippen LogP contribution in [0.2, 0.25) is 0 Å². The highest BCUT2D eigenvalue weighted by Gasteiger charge is 2.13. The Kier molecular flexibility index (Phi) is 4.72. The van der Waals surface area contributed by atoms with Gasteiger partial charge in [-0.2, -0.15) is 0 Å². The number of halogens is 3. The maximum Gasteiger partial charge on any atom is 0.274 e. The van der Waals surface area contributed by atoms with E-state index in [1.807, 2.05) is 0 Å². The fourth-order valence-electron chi connectivity index (χ4n) is 1.68. The molecule has 2 rings (SSSR count). The standard InChI is InChI=1S/C13H9Br2FN2O2/c14-9-1-4-13(18(19)20)8(5-9)7-17-10-2-3-11(15)12(16)6-10/h1-6,17H,7H2. The minimum absolute atomic E-state index is 0.0262. The number of hydrogen-bond acceptors (Lipinski definition) is 3. The number of nitro groups is 1. The summed E-state index contributed by atoms with van der Waals surface area (Å²) < 4.78 is 14.5. The molecule has 0 radical (unpaired) electrons. The molecule has 0 heterocycles. The van der Waals surface area contributed by atoms with Gasteiger partial charge in [0.2, 0.25) is 0 Å². The van der Waals surface area contributed by atoms with E-state index in [9.17, 15) is 14.5 Å². The van der Waals surface area contributed by atoms with Crippen molar-refractivity contribution in [3.05, 3.63) is 66.8 Å². The van der Waals surface area contributed by atoms with E-state index >= 15 is 0 Å². The molecule has 0 bridgehead atoms. The summed E-state index contributed by atoms with van der Waals surface area (Å²) in [6, 6.07) is 9.31. The Labute approximate surface area is 131 Å². The summed E-state index contributed by atoms with van der Waals surface area (Å²) in [5, 5.41) is 13.9. The van der Waals surface area contributed by atoms with Crippen LogP contribution in [0, 0.1) is 15.9 Å². The van der Waals surface area contributed by atoms with Crippen LogP contribution in [0.1, 0.15) is 5.56 Å². The third-order valence-electron chi connectivity index (χ3n) is 2.64. The van der Waals surface area contributed by atoms with Gasteiger partial charge in [0.25, 0.3) is 5.69 Å². The first kappa shape index (κ1) is 14.9. The number of nitrogens with one attached hydrogen (secondary N) is 1. The monoisotopic (exact) mass is 402 g/mol. The Balaban J connectivity index is 2.20. The van der Waals surface area contributed by atoms with E-state index in [4.69, 9.17) is 0 Å². The van der Waals surface area contributed by atoms with Crippen LogP contribution in [0.3, 0.4) is 0 Å². The van der Waals surface area contributed by atoms with Crippen molar-refractivity contribution >= 4 is 43.2 Å². The fourth-order valence-corrected chi connectivity index (χ4v) is 2.33. The first-order valence-corrected chi connectivity index (χ1v) is 7.17. The lowest BCUT2D eigenvalue weighted by Gasteiger charge is -2.08. The van der Waals surface area contributed by atoms with Gasteiger partial charge in [-0.05, 0) is 46.3 Å². The first-order chi connectivity index (χ1) is 9.47. The Morgan fingerprint density at radius 1 is 1.20 bits per heavy atom. The van der Waals surface area contributed by atoms with Crippen molar-refractivity contribution in [3.63, 3.8) is 0 Å². The van der Waals surface area contributed by atoms with E-state index in [2.05, 4.69) is 37.2 Å². The molecule has 4 nitrogen and oxygen atoms in total. The predicted molar refractivity (Wildman–Crippen MR) is 82.2 cm³/mol. The van der Waals surface area contributed by atoms with Crippen LogP contribution in [0.4, 0.5) is 15.8 Å². The van der Waals surface area contributed by atoms with Crippen LogP contribution in [-0.4, -0.2) is 4.92 Å². The van der Waals surface area contributed by atoms with Crippen LogP contribution >= 0.6 is 31.9 Å². The summed E-state index contributed by atoms with van der Waals surface area (Å²) >= 11 is 6.34. The number of nitro benzene ring substituents is 1. The number of hydrogen-bond donors (Lipinski definition) is 1. The van der Waals surface area contributed by atoms with Crippen LogP contribution in [0.15, 0.2) is 45.3 Å². The first-order valence-electron chi connectivity index (χ1n) is 5.59. The SMILES string of the molecule is O=[N+]([O-])c1ccc(Br)cc1CNc1ccc(Br)c(F)c1. The van der Waals surface area contributed by atoms with Crippen LogP contribution in [-0.2, 0) is 6.54 Å². The van der Waals surface area contributed by atoms with Gasteiger partial charge in [-0.3, -0.25) is 10.1 Å². The van der Waals surface area contributed by atoms with Crippen molar-refractivity contribution < 1.29 is 9.31 Å². The predicted octanol–water partition coefficient (Wildman–Crippen LogP) is 4.87. The molecule has 104 valence electrons. The second-order valence-corrected chi connectivity index (χ2v) is 5.78. The molecule has 0 aliphatic carbocycles. The van der Waals surface area contributed by atoms with Gasteiger partial charge in [0, 0.05) is 28.3 Å². The van der Waals surface area contributed by atoms with E-state index in [1.54, 1.807) is 24.3 Å². The number of rotatable bonds is 4. The molecule has 7 heteroatoms. The molecule has 0 aromatic heterocycles. The van der Waals surface area contributed by atoms with Gasteiger partial charge in [0.05, 0.1) is 9.40 Å². The highest BCUT2D eigenvalue weighted by atomic mass is 79.9. The summed E-state index contributed by atoms with van der Waals surface area (Å²) in [5.41, 5.74) is 1.10. The van der Waals surface area contributed by atoms with Gasteiger partial charge in [-0.15, -0.1) is 0 Å². The molecular weight excluding hydrogens is 395 g/mol. The molecular formula is C13H9Br2FN2O2. The second kappa shape index (κ2) is 6.32. The molecule has 2 aromatic carbocycles. The zero-order chi connectivity index (χ0) is 14.7. The number of nitrogens with zero attached hydrogens (tertiary/aromatic N) is 1. The zero-order valence-corrected chi connectivity index (χ0v) is 13.2. The van der Waals surface area contributed by atoms with Crippen molar-refractivity contribution in [2.75, 3.05) is 5.32 Å². The minimum Gasteiger partial charge on any atom is -0.381 e. The molecule has 0 unspecified atom stereocenters. The van der Waals surface area contributed by atoms with E-state index in [0.29, 0.717) is 15.7 Å². The smallest absolute Gasteiger partial charge is 0.274 e. The lowest BCUT2D eigenvalue weighted by molar-refractivity contribution is -0.385. The van der Waals surface area contributed by atoms with Crippen LogP contribution < -0.4 is 5.32 Å². The molecule has 0 spiro atoms. The Morgan fingerprint density at radius 2 is 1.95 bits per heavy atom. The molecule has 0 aliphatic heterocycles. The van der Waals surface area contributed by atoms with Crippen molar-refractivity contribution in [1.82, 2.24) is 0 Å². The zero-order valence-electron chi connectivity index (χ0n) is 10.1. The maximum absolute atomic E-state index is 13.4. The van der Waals surface area contributed by atoms with Gasteiger partial charge in [0.15, 0.2) is 0 Å². The molecule has 0 aliphatic rings. The van der Waals surface area contributed by atoms with E-state index in [0.717, 1.165) is 4.47 Å². The Bertz CT molecular complexity index is 665. The van der Waals surface area contributed by atoms with Gasteiger partial charge >= 0.3 is 0 Å². The van der Waals surface area contributed by atoms with Crippen molar-refractivity contribution in [1.29, 1.82) is 0 Å². The quantitative estimate of drug-likeness (QED) is 0.585. The molecule has 0 atom stereocenters. The highest BCUT2D eigenvalue weighted by Crippen LogP contribution is 2.25. The maximum atomic E-state index is 13.4. The fraction of sp³-hybridized carbons (Fsp3) is 0.0769. The Morgan fingerprint density at radius 3 is 2.60 bits per heavy atom. The van der Waals surface area contributed by atoms with Crippen molar-refractivity contribution in [3.8, 4) is 0 Å². The summed E-state index contributed by atoms with van der Waals surface area (Å²) in [5.74, 6) is -0.390. The summed E-state index contributed by atoms with van der Waals surface area (Å²) in [4.78, 5) is 10.5. The third-order valence-corrected chi connectivity index (χ3v) is 3.78. The van der Waals surface area contributed by atoms with Gasteiger partial charge in [-0.25, -0.2) is 4.39 Å². The highest BCUT2D eigenvalue weighted by molar-refractivity contribution is 9.10.